The summed E-state index contributed by atoms with van der Waals surface area (Å²) in [4.78, 5) is 13.6. The summed E-state index contributed by atoms with van der Waals surface area (Å²) >= 11 is 0. The molecule has 0 saturated carbocycles. The predicted octanol–water partition coefficient (Wildman–Crippen LogP) is 3.08. The predicted molar refractivity (Wildman–Crippen MR) is 76.3 cm³/mol. The highest BCUT2D eigenvalue weighted by Crippen LogP contribution is 2.31. The SMILES string of the molecule is CC1CN(C(=O)c2cc(C(F)(F)F)ccc2F)CCC1N.Cl. The molecule has 124 valence electrons. The van der Waals surface area contributed by atoms with Gasteiger partial charge in [0, 0.05) is 19.1 Å². The maximum absolute atomic E-state index is 13.7. The molecule has 22 heavy (non-hydrogen) atoms. The molecule has 0 aromatic heterocycles. The van der Waals surface area contributed by atoms with E-state index in [1.165, 1.54) is 4.90 Å². The second kappa shape index (κ2) is 6.83. The molecule has 0 aliphatic carbocycles. The van der Waals surface area contributed by atoms with Crippen molar-refractivity contribution < 1.29 is 22.4 Å². The van der Waals surface area contributed by atoms with Gasteiger partial charge in [-0.15, -0.1) is 12.4 Å². The first-order valence-corrected chi connectivity index (χ1v) is 6.61. The molecule has 2 N–H and O–H groups in total. The van der Waals surface area contributed by atoms with Crippen molar-refractivity contribution in [3.8, 4) is 0 Å². The van der Waals surface area contributed by atoms with Crippen LogP contribution in [0.1, 0.15) is 29.3 Å². The molecular weight excluding hydrogens is 324 g/mol. The van der Waals surface area contributed by atoms with Crippen LogP contribution in [0.5, 0.6) is 0 Å². The van der Waals surface area contributed by atoms with Crippen molar-refractivity contribution in [2.75, 3.05) is 13.1 Å². The zero-order valence-electron chi connectivity index (χ0n) is 11.9. The van der Waals surface area contributed by atoms with Crippen molar-refractivity contribution in [3.63, 3.8) is 0 Å². The van der Waals surface area contributed by atoms with Gasteiger partial charge in [-0.3, -0.25) is 4.79 Å². The quantitative estimate of drug-likeness (QED) is 0.799. The van der Waals surface area contributed by atoms with Crippen molar-refractivity contribution in [3.05, 3.63) is 35.1 Å². The number of hydrogen-bond donors (Lipinski definition) is 1. The Morgan fingerprint density at radius 1 is 1.36 bits per heavy atom. The lowest BCUT2D eigenvalue weighted by atomic mass is 9.94. The number of likely N-dealkylation sites (tertiary alicyclic amines) is 1. The molecule has 1 aromatic carbocycles. The zero-order valence-corrected chi connectivity index (χ0v) is 12.7. The molecule has 2 atom stereocenters. The number of benzene rings is 1. The highest BCUT2D eigenvalue weighted by Gasteiger charge is 2.33. The van der Waals surface area contributed by atoms with Gasteiger partial charge in [0.15, 0.2) is 0 Å². The van der Waals surface area contributed by atoms with Crippen molar-refractivity contribution in [2.45, 2.75) is 25.6 Å². The highest BCUT2D eigenvalue weighted by atomic mass is 35.5. The summed E-state index contributed by atoms with van der Waals surface area (Å²) in [6.45, 7) is 2.49. The number of carbonyl (C=O) groups excluding carboxylic acids is 1. The Kier molecular flexibility index (Phi) is 5.81. The molecule has 1 saturated heterocycles. The molecule has 1 fully saturated rings. The molecule has 1 amide bonds. The van der Waals surface area contributed by atoms with Gasteiger partial charge in [-0.05, 0) is 30.5 Å². The number of amides is 1. The zero-order chi connectivity index (χ0) is 15.8. The van der Waals surface area contributed by atoms with Crippen molar-refractivity contribution >= 4 is 18.3 Å². The fourth-order valence-electron chi connectivity index (χ4n) is 2.38. The number of nitrogens with two attached hydrogens (primary N) is 1. The van der Waals surface area contributed by atoms with Gasteiger partial charge in [-0.1, -0.05) is 6.92 Å². The van der Waals surface area contributed by atoms with Crippen LogP contribution >= 0.6 is 12.4 Å². The van der Waals surface area contributed by atoms with E-state index < -0.39 is 29.0 Å². The van der Waals surface area contributed by atoms with Crippen LogP contribution in [0.25, 0.3) is 0 Å². The van der Waals surface area contributed by atoms with Crippen LogP contribution in [-0.2, 0) is 6.18 Å². The van der Waals surface area contributed by atoms with Crippen molar-refractivity contribution in [2.24, 2.45) is 11.7 Å². The number of piperidine rings is 1. The third-order valence-corrected chi connectivity index (χ3v) is 3.78. The van der Waals surface area contributed by atoms with Crippen LogP contribution in [0.3, 0.4) is 0 Å². The normalized spacial score (nSPS) is 22.2. The van der Waals surface area contributed by atoms with Gasteiger partial charge in [-0.25, -0.2) is 4.39 Å². The first-order chi connectivity index (χ1) is 9.70. The maximum Gasteiger partial charge on any atom is 0.416 e. The van der Waals surface area contributed by atoms with Crippen LogP contribution in [0.4, 0.5) is 17.6 Å². The summed E-state index contributed by atoms with van der Waals surface area (Å²) in [5, 5.41) is 0. The lowest BCUT2D eigenvalue weighted by Crippen LogP contribution is -2.48. The van der Waals surface area contributed by atoms with E-state index >= 15 is 0 Å². The largest absolute Gasteiger partial charge is 0.416 e. The minimum absolute atomic E-state index is 0. The minimum Gasteiger partial charge on any atom is -0.338 e. The van der Waals surface area contributed by atoms with Crippen LogP contribution in [0.15, 0.2) is 18.2 Å². The second-order valence-corrected chi connectivity index (χ2v) is 5.37. The van der Waals surface area contributed by atoms with Gasteiger partial charge in [0.1, 0.15) is 5.82 Å². The monoisotopic (exact) mass is 340 g/mol. The van der Waals surface area contributed by atoms with Gasteiger partial charge in [0.2, 0.25) is 0 Å². The summed E-state index contributed by atoms with van der Waals surface area (Å²) in [5.41, 5.74) is 4.25. The molecule has 2 unspecified atom stereocenters. The molecule has 0 bridgehead atoms. The number of rotatable bonds is 1. The van der Waals surface area contributed by atoms with Crippen LogP contribution in [0.2, 0.25) is 0 Å². The van der Waals surface area contributed by atoms with E-state index in [0.717, 1.165) is 0 Å². The van der Waals surface area contributed by atoms with Crippen LogP contribution in [-0.4, -0.2) is 29.9 Å². The van der Waals surface area contributed by atoms with E-state index in [4.69, 9.17) is 5.73 Å². The van der Waals surface area contributed by atoms with E-state index in [-0.39, 0.29) is 24.4 Å². The molecule has 2 rings (SSSR count). The van der Waals surface area contributed by atoms with Gasteiger partial charge < -0.3 is 10.6 Å². The number of alkyl halides is 3. The standard InChI is InChI=1S/C14H16F4N2O.ClH/c1-8-7-20(5-4-12(8)19)13(21)10-6-9(14(16,17)18)2-3-11(10)15;/h2-3,6,8,12H,4-5,7,19H2,1H3;1H. The Bertz CT molecular complexity index is 550. The van der Waals surface area contributed by atoms with Gasteiger partial charge in [0.05, 0.1) is 11.1 Å². The fraction of sp³-hybridized carbons (Fsp3) is 0.500. The number of nitrogens with zero attached hydrogens (tertiary/aromatic N) is 1. The Balaban J connectivity index is 0.00000242. The summed E-state index contributed by atoms with van der Waals surface area (Å²) in [6, 6.07) is 1.81. The van der Waals surface area contributed by atoms with Gasteiger partial charge in [0.25, 0.3) is 5.91 Å². The molecule has 1 aliphatic heterocycles. The van der Waals surface area contributed by atoms with Crippen LogP contribution < -0.4 is 5.73 Å². The number of hydrogen-bond acceptors (Lipinski definition) is 2. The molecule has 0 spiro atoms. The lowest BCUT2D eigenvalue weighted by Gasteiger charge is -2.35. The van der Waals surface area contributed by atoms with Crippen molar-refractivity contribution in [1.29, 1.82) is 0 Å². The Morgan fingerprint density at radius 2 is 2.00 bits per heavy atom. The maximum atomic E-state index is 13.7. The summed E-state index contributed by atoms with van der Waals surface area (Å²) in [6.07, 6.45) is -4.06. The first-order valence-electron chi connectivity index (χ1n) is 6.61. The van der Waals surface area contributed by atoms with Crippen molar-refractivity contribution in [1.82, 2.24) is 4.90 Å². The molecule has 1 aliphatic rings. The Hall–Kier alpha value is -1.34. The molecule has 1 aromatic rings. The Labute approximate surface area is 131 Å². The molecular formula is C14H17ClF4N2O. The topological polar surface area (TPSA) is 46.3 Å². The summed E-state index contributed by atoms with van der Waals surface area (Å²) in [7, 11) is 0. The first kappa shape index (κ1) is 18.7. The van der Waals surface area contributed by atoms with Gasteiger partial charge in [-0.2, -0.15) is 13.2 Å². The number of halogens is 5. The fourth-order valence-corrected chi connectivity index (χ4v) is 2.38. The summed E-state index contributed by atoms with van der Waals surface area (Å²) < 4.78 is 51.7. The number of carbonyl (C=O) groups is 1. The average molecular weight is 341 g/mol. The molecule has 1 heterocycles. The Morgan fingerprint density at radius 3 is 2.55 bits per heavy atom. The highest BCUT2D eigenvalue weighted by molar-refractivity contribution is 5.94. The van der Waals surface area contributed by atoms with E-state index in [2.05, 4.69) is 0 Å². The second-order valence-electron chi connectivity index (χ2n) is 5.37. The van der Waals surface area contributed by atoms with Crippen LogP contribution in [0, 0.1) is 11.7 Å². The minimum atomic E-state index is -4.61. The molecule has 8 heteroatoms. The third kappa shape index (κ3) is 3.89. The van der Waals surface area contributed by atoms with E-state index in [9.17, 15) is 22.4 Å². The van der Waals surface area contributed by atoms with E-state index in [1.54, 1.807) is 0 Å². The van der Waals surface area contributed by atoms with E-state index in [0.29, 0.717) is 37.7 Å². The molecule has 3 nitrogen and oxygen atoms in total. The molecule has 0 radical (unpaired) electrons. The lowest BCUT2D eigenvalue weighted by molar-refractivity contribution is -0.137. The smallest absolute Gasteiger partial charge is 0.338 e. The van der Waals surface area contributed by atoms with E-state index in [1.807, 2.05) is 6.92 Å². The third-order valence-electron chi connectivity index (χ3n) is 3.78. The average Bonchev–Trinajstić information content (AvgIpc) is 2.40. The van der Waals surface area contributed by atoms with Gasteiger partial charge >= 0.3 is 6.18 Å². The summed E-state index contributed by atoms with van der Waals surface area (Å²) in [5.74, 6) is -1.65.